The molecule has 1 saturated carbocycles. The summed E-state index contributed by atoms with van der Waals surface area (Å²) in [5.41, 5.74) is 1.40. The summed E-state index contributed by atoms with van der Waals surface area (Å²) in [5, 5.41) is 3.50. The molecule has 1 aliphatic carbocycles. The van der Waals surface area contributed by atoms with Crippen LogP contribution in [0.25, 0.3) is 0 Å². The van der Waals surface area contributed by atoms with Crippen molar-refractivity contribution in [3.8, 4) is 0 Å². The fourth-order valence-electron chi connectivity index (χ4n) is 3.43. The smallest absolute Gasteiger partial charge is 0.0756 e. The van der Waals surface area contributed by atoms with Crippen molar-refractivity contribution in [1.82, 2.24) is 0 Å². The number of hydrogen-bond acceptors (Lipinski definition) is 2. The maximum absolute atomic E-state index is 6.37. The third-order valence-corrected chi connectivity index (χ3v) is 5.19. The van der Waals surface area contributed by atoms with Crippen molar-refractivity contribution < 1.29 is 4.74 Å². The van der Waals surface area contributed by atoms with Crippen LogP contribution in [0.4, 0.5) is 5.69 Å². The largest absolute Gasteiger partial charge is 0.382 e. The Morgan fingerprint density at radius 1 is 1.16 bits per heavy atom. The van der Waals surface area contributed by atoms with Crippen molar-refractivity contribution in [3.63, 3.8) is 0 Å². The van der Waals surface area contributed by atoms with E-state index in [1.54, 1.807) is 0 Å². The van der Waals surface area contributed by atoms with E-state index in [1.807, 2.05) is 6.07 Å². The van der Waals surface area contributed by atoms with Gasteiger partial charge < -0.3 is 10.1 Å². The molecule has 1 aliphatic heterocycles. The third kappa shape index (κ3) is 3.14. The fourth-order valence-corrected chi connectivity index (χ4v) is 3.86. The van der Waals surface area contributed by atoms with E-state index in [-0.39, 0.29) is 5.60 Å². The minimum Gasteiger partial charge on any atom is -0.382 e. The molecule has 1 atom stereocenters. The van der Waals surface area contributed by atoms with Crippen LogP contribution in [0.5, 0.6) is 0 Å². The zero-order chi connectivity index (χ0) is 13.1. The van der Waals surface area contributed by atoms with Crippen LogP contribution >= 0.6 is 15.9 Å². The Labute approximate surface area is 124 Å². The van der Waals surface area contributed by atoms with Crippen LogP contribution in [0.15, 0.2) is 28.7 Å². The lowest BCUT2D eigenvalue weighted by molar-refractivity contribution is -0.0588. The van der Waals surface area contributed by atoms with Crippen LogP contribution in [-0.2, 0) is 4.74 Å². The Morgan fingerprint density at radius 3 is 2.74 bits per heavy atom. The van der Waals surface area contributed by atoms with Crippen molar-refractivity contribution in [1.29, 1.82) is 0 Å². The van der Waals surface area contributed by atoms with E-state index in [2.05, 4.69) is 39.4 Å². The van der Waals surface area contributed by atoms with E-state index in [4.69, 9.17) is 4.74 Å². The number of rotatable bonds is 3. The van der Waals surface area contributed by atoms with Crippen LogP contribution in [0, 0.1) is 0 Å². The van der Waals surface area contributed by atoms with Gasteiger partial charge in [-0.2, -0.15) is 0 Å². The van der Waals surface area contributed by atoms with Gasteiger partial charge in [0.1, 0.15) is 0 Å². The van der Waals surface area contributed by atoms with E-state index in [0.717, 1.165) is 16.7 Å². The molecular formula is C16H22BrNO. The van der Waals surface area contributed by atoms with Crippen molar-refractivity contribution in [3.05, 3.63) is 28.7 Å². The molecule has 1 N–H and O–H groups in total. The van der Waals surface area contributed by atoms with Gasteiger partial charge in [-0.15, -0.1) is 0 Å². The van der Waals surface area contributed by atoms with Crippen molar-refractivity contribution >= 4 is 21.6 Å². The molecule has 19 heavy (non-hydrogen) atoms. The zero-order valence-corrected chi connectivity index (χ0v) is 12.9. The summed E-state index contributed by atoms with van der Waals surface area (Å²) in [4.78, 5) is 0. The number of halogens is 1. The first kappa shape index (κ1) is 13.4. The maximum atomic E-state index is 6.37. The molecule has 0 aromatic heterocycles. The van der Waals surface area contributed by atoms with E-state index >= 15 is 0 Å². The summed E-state index contributed by atoms with van der Waals surface area (Å²) >= 11 is 3.57. The number of benzene rings is 1. The van der Waals surface area contributed by atoms with E-state index in [0.29, 0.717) is 6.10 Å². The Hall–Kier alpha value is -0.540. The second-order valence-corrected chi connectivity index (χ2v) is 6.74. The molecule has 104 valence electrons. The first-order valence-corrected chi connectivity index (χ1v) is 8.23. The average molecular weight is 324 g/mol. The molecule has 2 fully saturated rings. The van der Waals surface area contributed by atoms with Gasteiger partial charge in [0.2, 0.25) is 0 Å². The molecule has 1 unspecified atom stereocenters. The number of hydrogen-bond donors (Lipinski definition) is 1. The normalized spacial score (nSPS) is 25.6. The molecule has 2 aliphatic rings. The Bertz CT molecular complexity index is 429. The molecule has 1 saturated heterocycles. The van der Waals surface area contributed by atoms with Crippen molar-refractivity contribution in [2.45, 2.75) is 56.7 Å². The second-order valence-electron chi connectivity index (χ2n) is 5.88. The molecular weight excluding hydrogens is 302 g/mol. The summed E-state index contributed by atoms with van der Waals surface area (Å²) in [6.07, 6.45) is 9.49. The first-order valence-electron chi connectivity index (χ1n) is 7.44. The Balaban J connectivity index is 1.53. The molecule has 3 heteroatoms. The van der Waals surface area contributed by atoms with Gasteiger partial charge in [-0.1, -0.05) is 31.4 Å². The predicted molar refractivity (Wildman–Crippen MR) is 82.6 cm³/mol. The van der Waals surface area contributed by atoms with Gasteiger partial charge in [0, 0.05) is 16.7 Å². The second kappa shape index (κ2) is 5.84. The lowest BCUT2D eigenvalue weighted by Crippen LogP contribution is -2.33. The van der Waals surface area contributed by atoms with Crippen LogP contribution in [0.3, 0.4) is 0 Å². The van der Waals surface area contributed by atoms with E-state index in [1.165, 1.54) is 44.9 Å². The number of para-hydroxylation sites is 1. The Kier molecular flexibility index (Phi) is 4.13. The first-order chi connectivity index (χ1) is 9.27. The SMILES string of the molecule is Brc1ccccc1NCC1CCC2(CCCCC2)O1. The lowest BCUT2D eigenvalue weighted by Gasteiger charge is -2.33. The number of anilines is 1. The number of ether oxygens (including phenoxy) is 1. The van der Waals surface area contributed by atoms with Crippen LogP contribution in [0.2, 0.25) is 0 Å². The summed E-state index contributed by atoms with van der Waals surface area (Å²) in [6, 6.07) is 8.28. The highest BCUT2D eigenvalue weighted by atomic mass is 79.9. The summed E-state index contributed by atoms with van der Waals surface area (Å²) < 4.78 is 7.50. The molecule has 1 heterocycles. The van der Waals surface area contributed by atoms with E-state index in [9.17, 15) is 0 Å². The van der Waals surface area contributed by atoms with Gasteiger partial charge in [0.05, 0.1) is 11.7 Å². The number of nitrogens with one attached hydrogen (secondary N) is 1. The monoisotopic (exact) mass is 323 g/mol. The van der Waals surface area contributed by atoms with Crippen LogP contribution < -0.4 is 5.32 Å². The molecule has 3 rings (SSSR count). The van der Waals surface area contributed by atoms with Crippen LogP contribution in [0.1, 0.15) is 44.9 Å². The summed E-state index contributed by atoms with van der Waals surface area (Å²) in [7, 11) is 0. The van der Waals surface area contributed by atoms with Gasteiger partial charge >= 0.3 is 0 Å². The van der Waals surface area contributed by atoms with Gasteiger partial charge in [0.15, 0.2) is 0 Å². The van der Waals surface area contributed by atoms with Gasteiger partial charge in [-0.05, 0) is 53.7 Å². The van der Waals surface area contributed by atoms with Gasteiger partial charge in [-0.25, -0.2) is 0 Å². The zero-order valence-electron chi connectivity index (χ0n) is 11.3. The van der Waals surface area contributed by atoms with E-state index < -0.39 is 0 Å². The van der Waals surface area contributed by atoms with Crippen molar-refractivity contribution in [2.24, 2.45) is 0 Å². The standard InChI is InChI=1S/C16H22BrNO/c17-14-6-2-3-7-15(14)18-12-13-8-11-16(19-13)9-4-1-5-10-16/h2-3,6-7,13,18H,1,4-5,8-12H2. The average Bonchev–Trinajstić information content (AvgIpc) is 2.82. The molecule has 1 aromatic carbocycles. The molecule has 0 bridgehead atoms. The summed E-state index contributed by atoms with van der Waals surface area (Å²) in [5.74, 6) is 0. The minimum atomic E-state index is 0.235. The minimum absolute atomic E-state index is 0.235. The molecule has 1 spiro atoms. The quantitative estimate of drug-likeness (QED) is 0.867. The third-order valence-electron chi connectivity index (χ3n) is 4.50. The highest BCUT2D eigenvalue weighted by Gasteiger charge is 2.40. The van der Waals surface area contributed by atoms with Crippen molar-refractivity contribution in [2.75, 3.05) is 11.9 Å². The van der Waals surface area contributed by atoms with Gasteiger partial charge in [-0.3, -0.25) is 0 Å². The maximum Gasteiger partial charge on any atom is 0.0756 e. The topological polar surface area (TPSA) is 21.3 Å². The molecule has 0 amide bonds. The highest BCUT2D eigenvalue weighted by Crippen LogP contribution is 2.41. The van der Waals surface area contributed by atoms with Crippen LogP contribution in [-0.4, -0.2) is 18.2 Å². The fraction of sp³-hybridized carbons (Fsp3) is 0.625. The predicted octanol–water partition coefficient (Wildman–Crippen LogP) is 4.74. The Morgan fingerprint density at radius 2 is 1.95 bits per heavy atom. The lowest BCUT2D eigenvalue weighted by atomic mass is 9.83. The molecule has 0 radical (unpaired) electrons. The molecule has 2 nitrogen and oxygen atoms in total. The summed E-state index contributed by atoms with van der Waals surface area (Å²) in [6.45, 7) is 0.921. The highest BCUT2D eigenvalue weighted by molar-refractivity contribution is 9.10. The molecule has 1 aromatic rings. The van der Waals surface area contributed by atoms with Gasteiger partial charge in [0.25, 0.3) is 0 Å².